The molecule has 5 nitrogen and oxygen atoms in total. The number of carbonyl (C=O) groups is 2. The Kier molecular flexibility index (Phi) is 5.51. The molecule has 0 atom stereocenters. The van der Waals surface area contributed by atoms with Crippen LogP contribution in [0.25, 0.3) is 0 Å². The maximum Gasteiger partial charge on any atom is 0.415 e. The molecule has 0 radical (unpaired) electrons. The molecule has 1 amide bonds. The third-order valence-electron chi connectivity index (χ3n) is 3.35. The van der Waals surface area contributed by atoms with Crippen LogP contribution in [0.2, 0.25) is 0 Å². The van der Waals surface area contributed by atoms with Gasteiger partial charge in [0.15, 0.2) is 5.78 Å². The van der Waals surface area contributed by atoms with E-state index in [0.29, 0.717) is 16.9 Å². The quantitative estimate of drug-likeness (QED) is 0.786. The lowest BCUT2D eigenvalue weighted by Gasteiger charge is -2.24. The molecule has 1 aromatic carbocycles. The Morgan fingerprint density at radius 1 is 1.16 bits per heavy atom. The van der Waals surface area contributed by atoms with E-state index in [1.807, 2.05) is 0 Å². The summed E-state index contributed by atoms with van der Waals surface area (Å²) in [5.74, 6) is -0.141. The Hall–Kier alpha value is -2.76. The fourth-order valence-corrected chi connectivity index (χ4v) is 2.10. The van der Waals surface area contributed by atoms with Gasteiger partial charge in [-0.3, -0.25) is 9.69 Å². The molecule has 2 aromatic rings. The van der Waals surface area contributed by atoms with Crippen LogP contribution in [0.5, 0.6) is 0 Å². The molecule has 0 N–H and O–H groups in total. The molecule has 0 bridgehead atoms. The zero-order valence-corrected chi connectivity index (χ0v) is 14.7. The molecule has 6 heteroatoms. The minimum Gasteiger partial charge on any atom is -0.443 e. The Bertz CT molecular complexity index is 767. The molecular formula is C19H21FN2O3. The fraction of sp³-hybridized carbons (Fsp3) is 0.316. The van der Waals surface area contributed by atoms with E-state index in [1.165, 1.54) is 35.4 Å². The van der Waals surface area contributed by atoms with Crippen LogP contribution < -0.4 is 4.90 Å². The van der Waals surface area contributed by atoms with E-state index in [9.17, 15) is 14.0 Å². The van der Waals surface area contributed by atoms with Gasteiger partial charge in [0.1, 0.15) is 17.2 Å². The molecule has 0 aliphatic heterocycles. The number of rotatable bonds is 4. The van der Waals surface area contributed by atoms with Crippen LogP contribution in [0.1, 0.15) is 36.7 Å². The van der Waals surface area contributed by atoms with Gasteiger partial charge in [0.05, 0.1) is 0 Å². The van der Waals surface area contributed by atoms with Crippen LogP contribution in [0.3, 0.4) is 0 Å². The van der Waals surface area contributed by atoms with Crippen molar-refractivity contribution in [1.29, 1.82) is 0 Å². The minimum absolute atomic E-state index is 0.128. The van der Waals surface area contributed by atoms with Crippen molar-refractivity contribution in [2.45, 2.75) is 32.8 Å². The van der Waals surface area contributed by atoms with E-state index < -0.39 is 11.7 Å². The van der Waals surface area contributed by atoms with E-state index >= 15 is 0 Å². The summed E-state index contributed by atoms with van der Waals surface area (Å²) in [7, 11) is 1.56. The number of anilines is 1. The summed E-state index contributed by atoms with van der Waals surface area (Å²) in [5.41, 5.74) is 0.525. The largest absolute Gasteiger partial charge is 0.443 e. The van der Waals surface area contributed by atoms with Crippen molar-refractivity contribution < 1.29 is 18.7 Å². The van der Waals surface area contributed by atoms with Crippen molar-refractivity contribution in [1.82, 2.24) is 4.98 Å². The molecule has 132 valence electrons. The second kappa shape index (κ2) is 7.42. The highest BCUT2D eigenvalue weighted by Gasteiger charge is 2.21. The molecule has 0 aliphatic carbocycles. The summed E-state index contributed by atoms with van der Waals surface area (Å²) in [6, 6.07) is 8.77. The van der Waals surface area contributed by atoms with Crippen molar-refractivity contribution in [3.05, 3.63) is 59.5 Å². The molecule has 25 heavy (non-hydrogen) atoms. The summed E-state index contributed by atoms with van der Waals surface area (Å²) in [6.07, 6.45) is 1.13. The molecule has 0 aliphatic rings. The number of ether oxygens (including phenoxy) is 1. The van der Waals surface area contributed by atoms with Gasteiger partial charge in [-0.05, 0) is 62.7 Å². The number of ketones is 1. The van der Waals surface area contributed by atoms with Crippen molar-refractivity contribution in [2.24, 2.45) is 0 Å². The van der Waals surface area contributed by atoms with E-state index in [1.54, 1.807) is 40.0 Å². The number of carbonyl (C=O) groups excluding carboxylic acids is 2. The lowest BCUT2D eigenvalue weighted by Crippen LogP contribution is -2.34. The van der Waals surface area contributed by atoms with Crippen molar-refractivity contribution in [3.8, 4) is 0 Å². The minimum atomic E-state index is -0.610. The first-order valence-corrected chi connectivity index (χ1v) is 7.86. The van der Waals surface area contributed by atoms with Gasteiger partial charge in [0.2, 0.25) is 0 Å². The average Bonchev–Trinajstić information content (AvgIpc) is 2.53. The number of hydrogen-bond donors (Lipinski definition) is 0. The number of amides is 1. The third kappa shape index (κ3) is 5.38. The fourth-order valence-electron chi connectivity index (χ4n) is 2.10. The van der Waals surface area contributed by atoms with Gasteiger partial charge in [-0.15, -0.1) is 0 Å². The molecule has 1 aromatic heterocycles. The lowest BCUT2D eigenvalue weighted by atomic mass is 10.0. The van der Waals surface area contributed by atoms with E-state index in [-0.39, 0.29) is 18.0 Å². The Morgan fingerprint density at radius 3 is 2.40 bits per heavy atom. The molecule has 1 heterocycles. The van der Waals surface area contributed by atoms with Gasteiger partial charge in [-0.25, -0.2) is 14.2 Å². The number of benzene rings is 1. The molecule has 0 saturated carbocycles. The maximum absolute atomic E-state index is 12.9. The number of hydrogen-bond acceptors (Lipinski definition) is 4. The van der Waals surface area contributed by atoms with Crippen molar-refractivity contribution in [3.63, 3.8) is 0 Å². The number of aromatic nitrogens is 1. The number of halogens is 1. The van der Waals surface area contributed by atoms with Crippen LogP contribution >= 0.6 is 0 Å². The third-order valence-corrected chi connectivity index (χ3v) is 3.35. The van der Waals surface area contributed by atoms with E-state index in [0.717, 1.165) is 0 Å². The van der Waals surface area contributed by atoms with Gasteiger partial charge in [0.25, 0.3) is 0 Å². The Labute approximate surface area is 146 Å². The summed E-state index contributed by atoms with van der Waals surface area (Å²) >= 11 is 0. The topological polar surface area (TPSA) is 59.5 Å². The zero-order chi connectivity index (χ0) is 18.6. The molecular weight excluding hydrogens is 323 g/mol. The first-order valence-electron chi connectivity index (χ1n) is 7.86. The van der Waals surface area contributed by atoms with Crippen LogP contribution in [-0.4, -0.2) is 29.5 Å². The van der Waals surface area contributed by atoms with Crippen LogP contribution in [0, 0.1) is 5.82 Å². The standard InChI is InChI=1S/C19H21FN2O3/c1-19(2,3)25-18(24)22(4)17-12-13(9-10-21-17)11-16(23)14-5-7-15(20)8-6-14/h5-10,12H,11H2,1-4H3. The summed E-state index contributed by atoms with van der Waals surface area (Å²) in [4.78, 5) is 29.8. The van der Waals surface area contributed by atoms with Gasteiger partial charge in [0, 0.05) is 25.2 Å². The van der Waals surface area contributed by atoms with Gasteiger partial charge in [-0.1, -0.05) is 0 Å². The Morgan fingerprint density at radius 2 is 1.80 bits per heavy atom. The molecule has 0 fully saturated rings. The second-order valence-corrected chi connectivity index (χ2v) is 6.67. The maximum atomic E-state index is 12.9. The van der Waals surface area contributed by atoms with Crippen molar-refractivity contribution in [2.75, 3.05) is 11.9 Å². The van der Waals surface area contributed by atoms with Crippen LogP contribution in [0.15, 0.2) is 42.6 Å². The summed E-state index contributed by atoms with van der Waals surface area (Å²) < 4.78 is 18.2. The SMILES string of the molecule is CN(C(=O)OC(C)(C)C)c1cc(CC(=O)c2ccc(F)cc2)ccn1. The van der Waals surface area contributed by atoms with E-state index in [4.69, 9.17) is 4.74 Å². The highest BCUT2D eigenvalue weighted by atomic mass is 19.1. The molecule has 0 unspecified atom stereocenters. The van der Waals surface area contributed by atoms with Crippen molar-refractivity contribution >= 4 is 17.7 Å². The highest BCUT2D eigenvalue weighted by molar-refractivity contribution is 5.97. The van der Waals surface area contributed by atoms with Gasteiger partial charge in [-0.2, -0.15) is 0 Å². The van der Waals surface area contributed by atoms with Gasteiger partial charge >= 0.3 is 6.09 Å². The smallest absolute Gasteiger partial charge is 0.415 e. The number of Topliss-reactive ketones (excluding diaryl/α,β-unsaturated/α-hetero) is 1. The predicted molar refractivity (Wildman–Crippen MR) is 93.3 cm³/mol. The highest BCUT2D eigenvalue weighted by Crippen LogP contribution is 2.17. The predicted octanol–water partition coefficient (Wildman–Crippen LogP) is 4.02. The van der Waals surface area contributed by atoms with E-state index in [2.05, 4.69) is 4.98 Å². The normalized spacial score (nSPS) is 11.1. The Balaban J connectivity index is 2.11. The summed E-state index contributed by atoms with van der Waals surface area (Å²) in [5, 5.41) is 0. The molecule has 2 rings (SSSR count). The number of pyridine rings is 1. The monoisotopic (exact) mass is 344 g/mol. The second-order valence-electron chi connectivity index (χ2n) is 6.67. The average molecular weight is 344 g/mol. The van der Waals surface area contributed by atoms with Crippen LogP contribution in [-0.2, 0) is 11.2 Å². The summed E-state index contributed by atoms with van der Waals surface area (Å²) in [6.45, 7) is 5.35. The van der Waals surface area contributed by atoms with Crippen LogP contribution in [0.4, 0.5) is 15.0 Å². The van der Waals surface area contributed by atoms with Gasteiger partial charge < -0.3 is 4.74 Å². The lowest BCUT2D eigenvalue weighted by molar-refractivity contribution is 0.0588. The first-order chi connectivity index (χ1) is 11.7. The molecule has 0 spiro atoms. The molecule has 0 saturated heterocycles. The number of nitrogens with zero attached hydrogens (tertiary/aromatic N) is 2. The zero-order valence-electron chi connectivity index (χ0n) is 14.7. The first kappa shape index (κ1) is 18.6.